The number of carbonyl (C=O) groups is 2. The van der Waals surface area contributed by atoms with E-state index in [2.05, 4.69) is 10.3 Å². The fourth-order valence-corrected chi connectivity index (χ4v) is 2.73. The monoisotopic (exact) mass is 267 g/mol. The normalized spacial score (nSPS) is 18.7. The Morgan fingerprint density at radius 3 is 2.94 bits per heavy atom. The van der Waals surface area contributed by atoms with Gasteiger partial charge in [0.25, 0.3) is 0 Å². The van der Waals surface area contributed by atoms with Crippen molar-refractivity contribution < 1.29 is 14.7 Å². The molecule has 0 unspecified atom stereocenters. The molecule has 1 aliphatic heterocycles. The van der Waals surface area contributed by atoms with Crippen molar-refractivity contribution >= 4 is 29.4 Å². The van der Waals surface area contributed by atoms with Crippen LogP contribution in [-0.2, 0) is 4.79 Å². The van der Waals surface area contributed by atoms with Crippen molar-refractivity contribution in [3.05, 3.63) is 24.0 Å². The van der Waals surface area contributed by atoms with Crippen LogP contribution in [0, 0.1) is 6.92 Å². The topological polar surface area (TPSA) is 82.5 Å². The summed E-state index contributed by atoms with van der Waals surface area (Å²) >= 11 is 1.43. The van der Waals surface area contributed by atoms with Gasteiger partial charge in [0.05, 0.1) is 17.8 Å². The molecule has 1 fully saturated rings. The lowest BCUT2D eigenvalue weighted by Gasteiger charge is -2.20. The smallest absolute Gasteiger partial charge is 0.327 e. The summed E-state index contributed by atoms with van der Waals surface area (Å²) in [5, 5.41) is 11.6. The van der Waals surface area contributed by atoms with Gasteiger partial charge >= 0.3 is 12.0 Å². The predicted molar refractivity (Wildman–Crippen MR) is 68.6 cm³/mol. The average Bonchev–Trinajstić information content (AvgIpc) is 2.81. The van der Waals surface area contributed by atoms with Crippen molar-refractivity contribution in [2.75, 3.05) is 16.9 Å². The second-order valence-electron chi connectivity index (χ2n) is 3.94. The Bertz CT molecular complexity index is 463. The molecule has 1 saturated heterocycles. The highest BCUT2D eigenvalue weighted by Crippen LogP contribution is 2.22. The van der Waals surface area contributed by atoms with Gasteiger partial charge in [-0.05, 0) is 19.1 Å². The van der Waals surface area contributed by atoms with Crippen LogP contribution in [0.5, 0.6) is 0 Å². The summed E-state index contributed by atoms with van der Waals surface area (Å²) in [4.78, 5) is 28.3. The highest BCUT2D eigenvalue weighted by atomic mass is 32.2. The minimum atomic E-state index is -0.975. The minimum absolute atomic E-state index is 0.391. The maximum atomic E-state index is 11.9. The fourth-order valence-electron chi connectivity index (χ4n) is 1.58. The van der Waals surface area contributed by atoms with Gasteiger partial charge in [-0.1, -0.05) is 0 Å². The first-order valence-electron chi connectivity index (χ1n) is 5.39. The summed E-state index contributed by atoms with van der Waals surface area (Å²) in [6.45, 7) is 1.85. The SMILES string of the molecule is Cc1ccc(NC(=O)N2CSC[C@H]2C(=O)O)cn1. The number of carboxylic acids is 1. The fraction of sp³-hybridized carbons (Fsp3) is 0.364. The van der Waals surface area contributed by atoms with E-state index in [0.29, 0.717) is 17.3 Å². The van der Waals surface area contributed by atoms with Gasteiger partial charge in [0.15, 0.2) is 0 Å². The van der Waals surface area contributed by atoms with E-state index in [9.17, 15) is 9.59 Å². The summed E-state index contributed by atoms with van der Waals surface area (Å²) in [7, 11) is 0. The Kier molecular flexibility index (Phi) is 3.71. The third-order valence-electron chi connectivity index (χ3n) is 2.59. The van der Waals surface area contributed by atoms with Gasteiger partial charge in [0.2, 0.25) is 0 Å². The molecule has 1 aliphatic rings. The number of rotatable bonds is 2. The lowest BCUT2D eigenvalue weighted by molar-refractivity contribution is -0.140. The molecule has 0 saturated carbocycles. The van der Waals surface area contributed by atoms with E-state index in [-0.39, 0.29) is 0 Å². The minimum Gasteiger partial charge on any atom is -0.480 e. The van der Waals surface area contributed by atoms with Crippen LogP contribution in [0.1, 0.15) is 5.69 Å². The van der Waals surface area contributed by atoms with Crippen molar-refractivity contribution in [1.29, 1.82) is 0 Å². The molecule has 1 aromatic rings. The molecule has 1 atom stereocenters. The number of hydrogen-bond acceptors (Lipinski definition) is 4. The Labute approximate surface area is 108 Å². The van der Waals surface area contributed by atoms with E-state index in [4.69, 9.17) is 5.11 Å². The second-order valence-corrected chi connectivity index (χ2v) is 4.94. The standard InChI is InChI=1S/C11H13N3O3S/c1-7-2-3-8(4-12-7)13-11(17)14-6-18-5-9(14)10(15)16/h2-4,9H,5-6H2,1H3,(H,13,17)(H,15,16)/t9-/m0/s1. The average molecular weight is 267 g/mol. The number of nitrogens with one attached hydrogen (secondary N) is 1. The summed E-state index contributed by atoms with van der Waals surface area (Å²) in [6.07, 6.45) is 1.55. The van der Waals surface area contributed by atoms with E-state index in [1.807, 2.05) is 6.92 Å². The van der Waals surface area contributed by atoms with E-state index < -0.39 is 18.0 Å². The number of nitrogens with zero attached hydrogens (tertiary/aromatic N) is 2. The first-order chi connectivity index (χ1) is 8.58. The van der Waals surface area contributed by atoms with Gasteiger partial charge < -0.3 is 15.3 Å². The van der Waals surface area contributed by atoms with Crippen molar-refractivity contribution in [3.8, 4) is 0 Å². The molecule has 96 valence electrons. The lowest BCUT2D eigenvalue weighted by atomic mass is 10.3. The van der Waals surface area contributed by atoms with Crippen LogP contribution in [0.25, 0.3) is 0 Å². The molecule has 2 N–H and O–H groups in total. The zero-order valence-corrected chi connectivity index (χ0v) is 10.6. The number of carboxylic acid groups (broad SMARTS) is 1. The maximum absolute atomic E-state index is 11.9. The van der Waals surface area contributed by atoms with Gasteiger partial charge in [-0.25, -0.2) is 9.59 Å². The number of aryl methyl sites for hydroxylation is 1. The van der Waals surface area contributed by atoms with Crippen LogP contribution in [0.2, 0.25) is 0 Å². The number of aromatic nitrogens is 1. The number of hydrogen-bond donors (Lipinski definition) is 2. The molecular formula is C11H13N3O3S. The third kappa shape index (κ3) is 2.73. The Balaban J connectivity index is 2.03. The number of urea groups is 1. The van der Waals surface area contributed by atoms with Crippen LogP contribution in [0.15, 0.2) is 18.3 Å². The number of carbonyl (C=O) groups excluding carboxylic acids is 1. The van der Waals surface area contributed by atoms with Crippen molar-refractivity contribution in [2.24, 2.45) is 0 Å². The van der Waals surface area contributed by atoms with Gasteiger partial charge in [0, 0.05) is 11.4 Å². The van der Waals surface area contributed by atoms with Gasteiger partial charge in [-0.2, -0.15) is 0 Å². The highest BCUT2D eigenvalue weighted by molar-refractivity contribution is 7.99. The van der Waals surface area contributed by atoms with Gasteiger partial charge in [-0.3, -0.25) is 4.98 Å². The zero-order chi connectivity index (χ0) is 13.1. The number of anilines is 1. The van der Waals surface area contributed by atoms with Crippen molar-refractivity contribution in [3.63, 3.8) is 0 Å². The molecule has 0 aliphatic carbocycles. The number of pyridine rings is 1. The quantitative estimate of drug-likeness (QED) is 0.846. The molecule has 7 heteroatoms. The molecular weight excluding hydrogens is 254 g/mol. The van der Waals surface area contributed by atoms with Crippen LogP contribution in [0.4, 0.5) is 10.5 Å². The van der Waals surface area contributed by atoms with Gasteiger partial charge in [0.1, 0.15) is 6.04 Å². The number of thioether (sulfide) groups is 1. The van der Waals surface area contributed by atoms with Crippen molar-refractivity contribution in [1.82, 2.24) is 9.88 Å². The molecule has 0 radical (unpaired) electrons. The second kappa shape index (κ2) is 5.26. The maximum Gasteiger partial charge on any atom is 0.327 e. The van der Waals surface area contributed by atoms with E-state index in [1.54, 1.807) is 18.3 Å². The molecule has 2 heterocycles. The first kappa shape index (κ1) is 12.7. The Morgan fingerprint density at radius 2 is 2.33 bits per heavy atom. The van der Waals surface area contributed by atoms with E-state index in [0.717, 1.165) is 5.69 Å². The predicted octanol–water partition coefficient (Wildman–Crippen LogP) is 1.38. The first-order valence-corrected chi connectivity index (χ1v) is 6.54. The molecule has 18 heavy (non-hydrogen) atoms. The summed E-state index contributed by atoms with van der Waals surface area (Å²) in [5.41, 5.74) is 1.42. The third-order valence-corrected chi connectivity index (χ3v) is 3.60. The molecule has 2 amide bonds. The molecule has 0 bridgehead atoms. The van der Waals surface area contributed by atoms with Gasteiger partial charge in [-0.15, -0.1) is 11.8 Å². The summed E-state index contributed by atoms with van der Waals surface area (Å²) in [6, 6.07) is 2.36. The highest BCUT2D eigenvalue weighted by Gasteiger charge is 2.34. The zero-order valence-electron chi connectivity index (χ0n) is 9.79. The largest absolute Gasteiger partial charge is 0.480 e. The van der Waals surface area contributed by atoms with Crippen LogP contribution in [-0.4, -0.2) is 44.7 Å². The van der Waals surface area contributed by atoms with Crippen molar-refractivity contribution in [2.45, 2.75) is 13.0 Å². The molecule has 2 rings (SSSR count). The van der Waals surface area contributed by atoms with Crippen LogP contribution in [0.3, 0.4) is 0 Å². The van der Waals surface area contributed by atoms with E-state index in [1.165, 1.54) is 16.7 Å². The Hall–Kier alpha value is -1.76. The van der Waals surface area contributed by atoms with Crippen LogP contribution < -0.4 is 5.32 Å². The van der Waals surface area contributed by atoms with E-state index >= 15 is 0 Å². The summed E-state index contributed by atoms with van der Waals surface area (Å²) in [5.74, 6) is -0.158. The van der Waals surface area contributed by atoms with Crippen LogP contribution >= 0.6 is 11.8 Å². The molecule has 1 aromatic heterocycles. The Morgan fingerprint density at radius 1 is 1.56 bits per heavy atom. The number of amides is 2. The number of aliphatic carboxylic acids is 1. The molecule has 0 aromatic carbocycles. The molecule has 6 nitrogen and oxygen atoms in total. The molecule has 0 spiro atoms. The summed E-state index contributed by atoms with van der Waals surface area (Å²) < 4.78 is 0. The lowest BCUT2D eigenvalue weighted by Crippen LogP contribution is -2.43.